The normalized spacial score (nSPS) is 11.2. The van der Waals surface area contributed by atoms with Crippen LogP contribution in [0.5, 0.6) is 5.75 Å². The first-order valence-corrected chi connectivity index (χ1v) is 9.15. The van der Waals surface area contributed by atoms with E-state index in [2.05, 4.69) is 76.2 Å². The van der Waals surface area contributed by atoms with Gasteiger partial charge in [0.15, 0.2) is 0 Å². The summed E-state index contributed by atoms with van der Waals surface area (Å²) in [5.74, 6) is 1.02. The molecule has 24 heavy (non-hydrogen) atoms. The molecule has 1 heteroatoms. The smallest absolute Gasteiger partial charge is 0.122 e. The highest BCUT2D eigenvalue weighted by atomic mass is 16.5. The van der Waals surface area contributed by atoms with Crippen LogP contribution in [0.1, 0.15) is 60.9 Å². The molecule has 0 aliphatic heterocycles. The summed E-state index contributed by atoms with van der Waals surface area (Å²) in [6, 6.07) is 13.1. The van der Waals surface area contributed by atoms with Gasteiger partial charge < -0.3 is 4.74 Å². The largest absolute Gasteiger partial charge is 0.493 e. The Bertz CT molecular complexity index is 665. The monoisotopic (exact) mass is 322 g/mol. The number of hydrogen-bond acceptors (Lipinski definition) is 1. The van der Waals surface area contributed by atoms with Gasteiger partial charge in [0, 0.05) is 0 Å². The molecular weight excluding hydrogens is 292 g/mol. The lowest BCUT2D eigenvalue weighted by Crippen LogP contribution is -2.00. The number of rotatable bonds is 8. The SMILES string of the molecule is CCCCOc1ccc(C=Cc2ccc(CCC)cc2)c(C)c1C. The summed E-state index contributed by atoms with van der Waals surface area (Å²) < 4.78 is 5.89. The van der Waals surface area contributed by atoms with Crippen molar-refractivity contribution in [1.29, 1.82) is 0 Å². The van der Waals surface area contributed by atoms with Gasteiger partial charge in [-0.15, -0.1) is 0 Å². The van der Waals surface area contributed by atoms with Crippen molar-refractivity contribution in [1.82, 2.24) is 0 Å². The lowest BCUT2D eigenvalue weighted by Gasteiger charge is -2.12. The Kier molecular flexibility index (Phi) is 7.11. The predicted octanol–water partition coefficient (Wildman–Crippen LogP) is 6.61. The van der Waals surface area contributed by atoms with Gasteiger partial charge in [-0.05, 0) is 60.6 Å². The lowest BCUT2D eigenvalue weighted by atomic mass is 10.0. The van der Waals surface area contributed by atoms with Crippen LogP contribution in [-0.2, 0) is 6.42 Å². The van der Waals surface area contributed by atoms with E-state index in [4.69, 9.17) is 4.74 Å². The Morgan fingerprint density at radius 3 is 2.25 bits per heavy atom. The van der Waals surface area contributed by atoms with Crippen LogP contribution in [-0.4, -0.2) is 6.61 Å². The van der Waals surface area contributed by atoms with Gasteiger partial charge in [0.2, 0.25) is 0 Å². The van der Waals surface area contributed by atoms with Gasteiger partial charge in [-0.1, -0.05) is 69.2 Å². The third-order valence-electron chi connectivity index (χ3n) is 4.51. The first kappa shape index (κ1) is 18.3. The molecule has 0 N–H and O–H groups in total. The van der Waals surface area contributed by atoms with Gasteiger partial charge in [0.1, 0.15) is 5.75 Å². The topological polar surface area (TPSA) is 9.23 Å². The zero-order chi connectivity index (χ0) is 17.4. The van der Waals surface area contributed by atoms with Gasteiger partial charge in [-0.3, -0.25) is 0 Å². The van der Waals surface area contributed by atoms with E-state index in [0.29, 0.717) is 0 Å². The minimum absolute atomic E-state index is 0.802. The molecule has 0 radical (unpaired) electrons. The summed E-state index contributed by atoms with van der Waals surface area (Å²) in [4.78, 5) is 0. The molecule has 128 valence electrons. The van der Waals surface area contributed by atoms with Crippen LogP contribution in [0.4, 0.5) is 0 Å². The van der Waals surface area contributed by atoms with E-state index >= 15 is 0 Å². The van der Waals surface area contributed by atoms with Crippen molar-refractivity contribution in [2.45, 2.75) is 53.4 Å². The maximum Gasteiger partial charge on any atom is 0.122 e. The number of unbranched alkanes of at least 4 members (excludes halogenated alkanes) is 1. The molecule has 0 aromatic heterocycles. The number of ether oxygens (including phenoxy) is 1. The van der Waals surface area contributed by atoms with E-state index in [1.165, 1.54) is 34.2 Å². The average Bonchev–Trinajstić information content (AvgIpc) is 2.60. The summed E-state index contributed by atoms with van der Waals surface area (Å²) in [5, 5.41) is 0. The molecule has 2 aromatic carbocycles. The molecule has 0 atom stereocenters. The molecule has 0 unspecified atom stereocenters. The average molecular weight is 322 g/mol. The predicted molar refractivity (Wildman–Crippen MR) is 106 cm³/mol. The van der Waals surface area contributed by atoms with Crippen LogP contribution in [0, 0.1) is 13.8 Å². The molecule has 2 aromatic rings. The minimum atomic E-state index is 0.802. The Balaban J connectivity index is 2.10. The fourth-order valence-electron chi connectivity index (χ4n) is 2.75. The Morgan fingerprint density at radius 2 is 1.58 bits per heavy atom. The van der Waals surface area contributed by atoms with Crippen LogP contribution >= 0.6 is 0 Å². The summed E-state index contributed by atoms with van der Waals surface area (Å²) in [5.41, 5.74) is 6.45. The second kappa shape index (κ2) is 9.32. The molecule has 0 bridgehead atoms. The summed E-state index contributed by atoms with van der Waals surface area (Å²) in [6.07, 6.45) is 9.01. The molecule has 0 aliphatic carbocycles. The van der Waals surface area contributed by atoms with Gasteiger partial charge in [-0.2, -0.15) is 0 Å². The summed E-state index contributed by atoms with van der Waals surface area (Å²) >= 11 is 0. The second-order valence-corrected chi connectivity index (χ2v) is 6.43. The van der Waals surface area contributed by atoms with Crippen LogP contribution in [0.15, 0.2) is 36.4 Å². The highest BCUT2D eigenvalue weighted by Gasteiger charge is 2.05. The van der Waals surface area contributed by atoms with Crippen molar-refractivity contribution >= 4 is 12.2 Å². The molecule has 0 heterocycles. The molecular formula is C23H30O. The van der Waals surface area contributed by atoms with Crippen molar-refractivity contribution in [3.63, 3.8) is 0 Å². The van der Waals surface area contributed by atoms with E-state index < -0.39 is 0 Å². The van der Waals surface area contributed by atoms with Crippen LogP contribution in [0.25, 0.3) is 12.2 Å². The maximum atomic E-state index is 5.89. The summed E-state index contributed by atoms with van der Waals surface area (Å²) in [6.45, 7) is 9.52. The molecule has 2 rings (SSSR count). The molecule has 0 fully saturated rings. The van der Waals surface area contributed by atoms with Crippen molar-refractivity contribution in [3.8, 4) is 5.75 Å². The Hall–Kier alpha value is -2.02. The first-order valence-electron chi connectivity index (χ1n) is 9.15. The molecule has 0 saturated carbocycles. The van der Waals surface area contributed by atoms with Gasteiger partial charge in [0.25, 0.3) is 0 Å². The third-order valence-corrected chi connectivity index (χ3v) is 4.51. The highest BCUT2D eigenvalue weighted by molar-refractivity contribution is 5.72. The molecule has 0 saturated heterocycles. The molecule has 0 amide bonds. The second-order valence-electron chi connectivity index (χ2n) is 6.43. The summed E-state index contributed by atoms with van der Waals surface area (Å²) in [7, 11) is 0. The van der Waals surface area contributed by atoms with Crippen LogP contribution in [0.2, 0.25) is 0 Å². The zero-order valence-corrected chi connectivity index (χ0v) is 15.6. The fraction of sp³-hybridized carbons (Fsp3) is 0.391. The quantitative estimate of drug-likeness (QED) is 0.393. The van der Waals surface area contributed by atoms with Crippen LogP contribution in [0.3, 0.4) is 0 Å². The zero-order valence-electron chi connectivity index (χ0n) is 15.6. The van der Waals surface area contributed by atoms with Crippen molar-refractivity contribution in [2.24, 2.45) is 0 Å². The van der Waals surface area contributed by atoms with E-state index in [9.17, 15) is 0 Å². The minimum Gasteiger partial charge on any atom is -0.493 e. The van der Waals surface area contributed by atoms with E-state index in [-0.39, 0.29) is 0 Å². The fourth-order valence-corrected chi connectivity index (χ4v) is 2.75. The number of aryl methyl sites for hydroxylation is 1. The van der Waals surface area contributed by atoms with Gasteiger partial charge in [-0.25, -0.2) is 0 Å². The van der Waals surface area contributed by atoms with Gasteiger partial charge in [0.05, 0.1) is 6.61 Å². The molecule has 1 nitrogen and oxygen atoms in total. The highest BCUT2D eigenvalue weighted by Crippen LogP contribution is 2.26. The standard InChI is InChI=1S/C23H30O/c1-5-7-17-24-23-16-15-22(18(3)19(23)4)14-13-21-11-9-20(8-6-2)10-12-21/h9-16H,5-8,17H2,1-4H3. The van der Waals surface area contributed by atoms with E-state index in [0.717, 1.165) is 31.6 Å². The third kappa shape index (κ3) is 4.99. The van der Waals surface area contributed by atoms with Gasteiger partial charge >= 0.3 is 0 Å². The van der Waals surface area contributed by atoms with Crippen molar-refractivity contribution in [3.05, 3.63) is 64.2 Å². The number of benzene rings is 2. The van der Waals surface area contributed by atoms with E-state index in [1.54, 1.807) is 0 Å². The lowest BCUT2D eigenvalue weighted by molar-refractivity contribution is 0.307. The van der Waals surface area contributed by atoms with E-state index in [1.807, 2.05) is 0 Å². The molecule has 0 spiro atoms. The number of hydrogen-bond donors (Lipinski definition) is 0. The Morgan fingerprint density at radius 1 is 0.833 bits per heavy atom. The first-order chi connectivity index (χ1) is 11.7. The van der Waals surface area contributed by atoms with Crippen molar-refractivity contribution < 1.29 is 4.74 Å². The Labute approximate surface area is 147 Å². The maximum absolute atomic E-state index is 5.89. The molecule has 0 aliphatic rings. The van der Waals surface area contributed by atoms with Crippen LogP contribution < -0.4 is 4.74 Å². The van der Waals surface area contributed by atoms with Crippen molar-refractivity contribution in [2.75, 3.05) is 6.61 Å².